The number of nitrogens with one attached hydrogen (secondary N) is 1. The highest BCUT2D eigenvalue weighted by atomic mass is 16.5. The molecule has 1 aliphatic carbocycles. The van der Waals surface area contributed by atoms with Gasteiger partial charge in [-0.3, -0.25) is 10.2 Å². The molecule has 1 aliphatic heterocycles. The molecule has 3 rings (SSSR count). The lowest BCUT2D eigenvalue weighted by molar-refractivity contribution is 0.0531. The Morgan fingerprint density at radius 1 is 1.27 bits per heavy atom. The molecule has 1 saturated carbocycles. The second kappa shape index (κ2) is 8.90. The number of anilines is 1. The zero-order chi connectivity index (χ0) is 18.4. The number of hydrogen-bond donors (Lipinski definition) is 1. The number of ether oxygens (including phenoxy) is 1. The standard InChI is InChI=1S/C22H34N2O2/c1-3-7-19-10-13-22(14-11-19)12-6-15-24(22)16-17-26-21(25)23-20-9-5-4-8-18(20)2/h4-5,8-9,19H,3,6-7,10-17H2,1-2H3,(H,23,25). The molecule has 144 valence electrons. The first-order chi connectivity index (χ1) is 12.6. The summed E-state index contributed by atoms with van der Waals surface area (Å²) in [5.74, 6) is 0.934. The van der Waals surface area contributed by atoms with Gasteiger partial charge in [-0.1, -0.05) is 38.0 Å². The summed E-state index contributed by atoms with van der Waals surface area (Å²) in [5.41, 5.74) is 2.26. The van der Waals surface area contributed by atoms with Crippen molar-refractivity contribution in [1.29, 1.82) is 0 Å². The highest BCUT2D eigenvalue weighted by Gasteiger charge is 2.42. The molecule has 1 aromatic rings. The molecule has 2 fully saturated rings. The number of likely N-dealkylation sites (tertiary alicyclic amines) is 1. The number of carbonyl (C=O) groups is 1. The molecule has 2 aliphatic rings. The van der Waals surface area contributed by atoms with Crippen molar-refractivity contribution in [3.05, 3.63) is 29.8 Å². The van der Waals surface area contributed by atoms with Gasteiger partial charge in [-0.25, -0.2) is 4.79 Å². The Morgan fingerprint density at radius 2 is 2.04 bits per heavy atom. The molecule has 1 aromatic carbocycles. The number of carbonyl (C=O) groups excluding carboxylic acids is 1. The molecule has 1 spiro atoms. The van der Waals surface area contributed by atoms with E-state index < -0.39 is 0 Å². The zero-order valence-electron chi connectivity index (χ0n) is 16.4. The van der Waals surface area contributed by atoms with Crippen LogP contribution < -0.4 is 5.32 Å². The normalized spacial score (nSPS) is 26.2. The van der Waals surface area contributed by atoms with E-state index in [0.717, 1.165) is 30.3 Å². The van der Waals surface area contributed by atoms with Crippen LogP contribution in [0.2, 0.25) is 0 Å². The lowest BCUT2D eigenvalue weighted by atomic mass is 9.74. The molecule has 1 amide bonds. The van der Waals surface area contributed by atoms with Crippen LogP contribution in [0.15, 0.2) is 24.3 Å². The van der Waals surface area contributed by atoms with Crippen LogP contribution in [0, 0.1) is 12.8 Å². The van der Waals surface area contributed by atoms with Gasteiger partial charge in [0.05, 0.1) is 0 Å². The maximum absolute atomic E-state index is 12.1. The smallest absolute Gasteiger partial charge is 0.411 e. The molecule has 4 nitrogen and oxygen atoms in total. The number of nitrogens with zero attached hydrogens (tertiary/aromatic N) is 1. The Labute approximate surface area is 158 Å². The van der Waals surface area contributed by atoms with Gasteiger partial charge in [-0.2, -0.15) is 0 Å². The van der Waals surface area contributed by atoms with E-state index in [1.165, 1.54) is 51.4 Å². The van der Waals surface area contributed by atoms with E-state index in [4.69, 9.17) is 4.74 Å². The minimum absolute atomic E-state index is 0.348. The van der Waals surface area contributed by atoms with Crippen molar-refractivity contribution in [3.8, 4) is 0 Å². The van der Waals surface area contributed by atoms with E-state index in [9.17, 15) is 4.79 Å². The van der Waals surface area contributed by atoms with Crippen molar-refractivity contribution < 1.29 is 9.53 Å². The molecule has 4 heteroatoms. The van der Waals surface area contributed by atoms with Crippen molar-refractivity contribution in [2.75, 3.05) is 25.0 Å². The average Bonchev–Trinajstić information content (AvgIpc) is 3.02. The maximum atomic E-state index is 12.1. The molecular weight excluding hydrogens is 324 g/mol. The second-order valence-electron chi connectivity index (χ2n) is 8.12. The third kappa shape index (κ3) is 4.59. The number of aryl methyl sites for hydroxylation is 1. The fourth-order valence-corrected chi connectivity index (χ4v) is 4.93. The SMILES string of the molecule is CCCC1CCC2(CCCN2CCOC(=O)Nc2ccccc2C)CC1. The lowest BCUT2D eigenvalue weighted by Crippen LogP contribution is -2.47. The highest BCUT2D eigenvalue weighted by molar-refractivity contribution is 5.85. The summed E-state index contributed by atoms with van der Waals surface area (Å²) in [6.07, 6.45) is 10.4. The van der Waals surface area contributed by atoms with E-state index in [1.54, 1.807) is 0 Å². The Bertz CT molecular complexity index is 594. The predicted molar refractivity (Wildman–Crippen MR) is 107 cm³/mol. The van der Waals surface area contributed by atoms with Gasteiger partial charge in [-0.05, 0) is 69.5 Å². The van der Waals surface area contributed by atoms with Crippen molar-refractivity contribution >= 4 is 11.8 Å². The first-order valence-electron chi connectivity index (χ1n) is 10.4. The van der Waals surface area contributed by atoms with Crippen LogP contribution in [0.5, 0.6) is 0 Å². The van der Waals surface area contributed by atoms with Crippen LogP contribution in [-0.4, -0.2) is 36.2 Å². The van der Waals surface area contributed by atoms with Crippen LogP contribution in [0.1, 0.15) is 63.9 Å². The highest BCUT2D eigenvalue weighted by Crippen LogP contribution is 2.44. The largest absolute Gasteiger partial charge is 0.448 e. The average molecular weight is 359 g/mol. The molecule has 1 saturated heterocycles. The van der Waals surface area contributed by atoms with Gasteiger partial charge in [0.1, 0.15) is 6.61 Å². The first kappa shape index (κ1) is 19.2. The third-order valence-corrected chi connectivity index (χ3v) is 6.45. The van der Waals surface area contributed by atoms with Gasteiger partial charge in [0, 0.05) is 17.8 Å². The zero-order valence-corrected chi connectivity index (χ0v) is 16.4. The molecule has 0 atom stereocenters. The number of amides is 1. The van der Waals surface area contributed by atoms with E-state index in [0.29, 0.717) is 12.1 Å². The monoisotopic (exact) mass is 358 g/mol. The third-order valence-electron chi connectivity index (χ3n) is 6.45. The summed E-state index contributed by atoms with van der Waals surface area (Å²) >= 11 is 0. The van der Waals surface area contributed by atoms with Gasteiger partial charge in [0.2, 0.25) is 0 Å². The van der Waals surface area contributed by atoms with E-state index in [1.807, 2.05) is 31.2 Å². The lowest BCUT2D eigenvalue weighted by Gasteiger charge is -2.44. The van der Waals surface area contributed by atoms with E-state index in [2.05, 4.69) is 17.1 Å². The van der Waals surface area contributed by atoms with Gasteiger partial charge in [0.15, 0.2) is 0 Å². The minimum Gasteiger partial charge on any atom is -0.448 e. The van der Waals surface area contributed by atoms with Crippen molar-refractivity contribution in [2.24, 2.45) is 5.92 Å². The minimum atomic E-state index is -0.348. The van der Waals surface area contributed by atoms with Crippen LogP contribution in [-0.2, 0) is 4.74 Å². The first-order valence-corrected chi connectivity index (χ1v) is 10.4. The molecule has 0 bridgehead atoms. The molecule has 0 radical (unpaired) electrons. The van der Waals surface area contributed by atoms with Crippen molar-refractivity contribution in [2.45, 2.75) is 70.8 Å². The van der Waals surface area contributed by atoms with Crippen LogP contribution >= 0.6 is 0 Å². The van der Waals surface area contributed by atoms with E-state index >= 15 is 0 Å². The Morgan fingerprint density at radius 3 is 2.77 bits per heavy atom. The fraction of sp³-hybridized carbons (Fsp3) is 0.682. The molecule has 0 aromatic heterocycles. The van der Waals surface area contributed by atoms with Crippen LogP contribution in [0.3, 0.4) is 0 Å². The molecule has 1 heterocycles. The summed E-state index contributed by atoms with van der Waals surface area (Å²) in [6.45, 7) is 6.77. The van der Waals surface area contributed by atoms with Crippen LogP contribution in [0.25, 0.3) is 0 Å². The molecule has 26 heavy (non-hydrogen) atoms. The summed E-state index contributed by atoms with van der Waals surface area (Å²) in [7, 11) is 0. The Kier molecular flexibility index (Phi) is 6.58. The van der Waals surface area contributed by atoms with Crippen LogP contribution in [0.4, 0.5) is 10.5 Å². The number of rotatable bonds is 6. The van der Waals surface area contributed by atoms with E-state index in [-0.39, 0.29) is 6.09 Å². The summed E-state index contributed by atoms with van der Waals surface area (Å²) in [6, 6.07) is 7.78. The summed E-state index contributed by atoms with van der Waals surface area (Å²) < 4.78 is 5.46. The predicted octanol–water partition coefficient (Wildman–Crippen LogP) is 5.37. The fourth-order valence-electron chi connectivity index (χ4n) is 4.93. The van der Waals surface area contributed by atoms with Gasteiger partial charge in [0.25, 0.3) is 0 Å². The topological polar surface area (TPSA) is 41.6 Å². The summed E-state index contributed by atoms with van der Waals surface area (Å²) in [4.78, 5) is 14.7. The molecule has 1 N–H and O–H groups in total. The Hall–Kier alpha value is -1.55. The van der Waals surface area contributed by atoms with Gasteiger partial charge < -0.3 is 4.74 Å². The number of hydrogen-bond acceptors (Lipinski definition) is 3. The molecular formula is C22H34N2O2. The number of benzene rings is 1. The van der Waals surface area contributed by atoms with Gasteiger partial charge >= 0.3 is 6.09 Å². The number of para-hydroxylation sites is 1. The Balaban J connectivity index is 1.44. The van der Waals surface area contributed by atoms with Crippen molar-refractivity contribution in [3.63, 3.8) is 0 Å². The quantitative estimate of drug-likeness (QED) is 0.743. The maximum Gasteiger partial charge on any atom is 0.411 e. The summed E-state index contributed by atoms with van der Waals surface area (Å²) in [5, 5.41) is 2.85. The van der Waals surface area contributed by atoms with Crippen molar-refractivity contribution in [1.82, 2.24) is 4.90 Å². The second-order valence-corrected chi connectivity index (χ2v) is 8.12. The van der Waals surface area contributed by atoms with Gasteiger partial charge in [-0.15, -0.1) is 0 Å². The molecule has 0 unspecified atom stereocenters.